The minimum Gasteiger partial charge on any atom is -0.328 e. The second kappa shape index (κ2) is 5.09. The molecule has 0 spiro atoms. The third-order valence-electron chi connectivity index (χ3n) is 2.50. The molecule has 14 heavy (non-hydrogen) atoms. The molecule has 0 bridgehead atoms. The summed E-state index contributed by atoms with van der Waals surface area (Å²) in [4.78, 5) is 0. The predicted octanol–water partition coefficient (Wildman–Crippen LogP) is -0.109. The third-order valence-corrected chi connectivity index (χ3v) is 4.27. The predicted molar refractivity (Wildman–Crippen MR) is 57.9 cm³/mol. The molecule has 0 aliphatic carbocycles. The van der Waals surface area contributed by atoms with Crippen LogP contribution in [0.25, 0.3) is 0 Å². The van der Waals surface area contributed by atoms with Gasteiger partial charge in [0.25, 0.3) is 0 Å². The van der Waals surface area contributed by atoms with Crippen LogP contribution in [0.2, 0.25) is 0 Å². The molecule has 5 heteroatoms. The second-order valence-electron chi connectivity index (χ2n) is 4.17. The Balaban J connectivity index is 2.09. The molecular formula is C9H20N2O2S. The Kier molecular flexibility index (Phi) is 4.34. The summed E-state index contributed by atoms with van der Waals surface area (Å²) in [7, 11) is -2.74. The Labute approximate surface area is 86.2 Å². The molecule has 0 aromatic carbocycles. The molecule has 2 atom stereocenters. The van der Waals surface area contributed by atoms with Crippen LogP contribution in [-0.2, 0) is 9.84 Å². The third kappa shape index (κ3) is 4.39. The number of sulfone groups is 1. The zero-order valence-electron chi connectivity index (χ0n) is 8.70. The van der Waals surface area contributed by atoms with Crippen molar-refractivity contribution >= 4 is 9.84 Å². The molecule has 4 nitrogen and oxygen atoms in total. The van der Waals surface area contributed by atoms with Crippen molar-refractivity contribution in [1.29, 1.82) is 0 Å². The lowest BCUT2D eigenvalue weighted by atomic mass is 10.2. The van der Waals surface area contributed by atoms with Crippen LogP contribution in [0, 0.1) is 0 Å². The number of hydrogen-bond donors (Lipinski definition) is 2. The first kappa shape index (κ1) is 11.9. The summed E-state index contributed by atoms with van der Waals surface area (Å²) >= 11 is 0. The van der Waals surface area contributed by atoms with Gasteiger partial charge >= 0.3 is 0 Å². The zero-order valence-corrected chi connectivity index (χ0v) is 9.52. The van der Waals surface area contributed by atoms with E-state index in [-0.39, 0.29) is 12.1 Å². The van der Waals surface area contributed by atoms with Gasteiger partial charge in [0, 0.05) is 12.1 Å². The highest BCUT2D eigenvalue weighted by Crippen LogP contribution is 2.11. The largest absolute Gasteiger partial charge is 0.328 e. The lowest BCUT2D eigenvalue weighted by Crippen LogP contribution is -2.31. The highest BCUT2D eigenvalue weighted by Gasteiger charge is 2.26. The Morgan fingerprint density at radius 3 is 2.79 bits per heavy atom. The maximum absolute atomic E-state index is 11.1. The molecule has 1 saturated heterocycles. The quantitative estimate of drug-likeness (QED) is 0.634. The molecule has 0 aromatic rings. The lowest BCUT2D eigenvalue weighted by molar-refractivity contribution is 0.515. The van der Waals surface area contributed by atoms with Crippen LogP contribution in [0.4, 0.5) is 0 Å². The summed E-state index contributed by atoms with van der Waals surface area (Å²) in [6.45, 7) is 2.86. The van der Waals surface area contributed by atoms with Gasteiger partial charge in [-0.2, -0.15) is 0 Å². The first-order valence-corrected chi connectivity index (χ1v) is 7.01. The van der Waals surface area contributed by atoms with Crippen molar-refractivity contribution in [1.82, 2.24) is 5.32 Å². The van der Waals surface area contributed by atoms with Gasteiger partial charge in [0.2, 0.25) is 0 Å². The lowest BCUT2D eigenvalue weighted by Gasteiger charge is -2.11. The molecule has 0 aromatic heterocycles. The van der Waals surface area contributed by atoms with Gasteiger partial charge in [0.1, 0.15) is 0 Å². The van der Waals surface area contributed by atoms with Gasteiger partial charge < -0.3 is 11.1 Å². The number of rotatable bonds is 5. The summed E-state index contributed by atoms with van der Waals surface area (Å²) in [5.74, 6) is 0.656. The summed E-state index contributed by atoms with van der Waals surface area (Å²) in [5, 5.41) is 3.26. The Morgan fingerprint density at radius 1 is 1.57 bits per heavy atom. The van der Waals surface area contributed by atoms with E-state index >= 15 is 0 Å². The first-order valence-electron chi connectivity index (χ1n) is 5.19. The summed E-state index contributed by atoms with van der Waals surface area (Å²) in [6, 6.07) is 0.414. The van der Waals surface area contributed by atoms with E-state index in [0.717, 1.165) is 25.8 Å². The average molecular weight is 220 g/mol. The highest BCUT2D eigenvalue weighted by atomic mass is 32.2. The minimum atomic E-state index is -2.74. The van der Waals surface area contributed by atoms with E-state index in [1.54, 1.807) is 0 Å². The van der Waals surface area contributed by atoms with Gasteiger partial charge in [-0.15, -0.1) is 0 Å². The van der Waals surface area contributed by atoms with Crippen LogP contribution in [0.1, 0.15) is 26.2 Å². The van der Waals surface area contributed by atoms with Gasteiger partial charge in [-0.3, -0.25) is 0 Å². The molecule has 0 amide bonds. The van der Waals surface area contributed by atoms with Crippen LogP contribution in [0.3, 0.4) is 0 Å². The van der Waals surface area contributed by atoms with Crippen LogP contribution < -0.4 is 11.1 Å². The van der Waals surface area contributed by atoms with Crippen molar-refractivity contribution in [2.24, 2.45) is 5.73 Å². The number of hydrogen-bond acceptors (Lipinski definition) is 4. The van der Waals surface area contributed by atoms with E-state index in [1.165, 1.54) is 0 Å². The molecule has 1 heterocycles. The second-order valence-corrected chi connectivity index (χ2v) is 6.40. The molecule has 1 rings (SSSR count). The van der Waals surface area contributed by atoms with Crippen LogP contribution in [-0.4, -0.2) is 38.6 Å². The number of nitrogens with two attached hydrogens (primary N) is 1. The summed E-state index contributed by atoms with van der Waals surface area (Å²) in [5.41, 5.74) is 5.61. The fraction of sp³-hybridized carbons (Fsp3) is 1.00. The smallest absolute Gasteiger partial charge is 0.151 e. The zero-order chi connectivity index (χ0) is 10.6. The maximum Gasteiger partial charge on any atom is 0.151 e. The van der Waals surface area contributed by atoms with E-state index in [9.17, 15) is 8.42 Å². The van der Waals surface area contributed by atoms with Crippen molar-refractivity contribution in [2.45, 2.75) is 38.3 Å². The van der Waals surface area contributed by atoms with Crippen molar-refractivity contribution in [3.05, 3.63) is 0 Å². The van der Waals surface area contributed by atoms with Crippen molar-refractivity contribution in [3.63, 3.8) is 0 Å². The van der Waals surface area contributed by atoms with Crippen LogP contribution in [0.5, 0.6) is 0 Å². The van der Waals surface area contributed by atoms with Gasteiger partial charge in [-0.1, -0.05) is 0 Å². The fourth-order valence-corrected chi connectivity index (χ4v) is 3.39. The standard InChI is InChI=1S/C9H20N2O2S/c1-8(10)3-2-5-11-9-4-6-14(12,13)7-9/h8-9,11H,2-7,10H2,1H3. The van der Waals surface area contributed by atoms with Gasteiger partial charge in [0.15, 0.2) is 9.84 Å². The topological polar surface area (TPSA) is 72.2 Å². The first-order chi connectivity index (χ1) is 6.49. The molecule has 2 unspecified atom stereocenters. The van der Waals surface area contributed by atoms with E-state index in [0.29, 0.717) is 11.5 Å². The van der Waals surface area contributed by atoms with Crippen LogP contribution >= 0.6 is 0 Å². The molecule has 84 valence electrons. The fourth-order valence-electron chi connectivity index (χ4n) is 1.69. The molecule has 0 saturated carbocycles. The Hall–Kier alpha value is -0.130. The molecule has 1 aliphatic rings. The van der Waals surface area contributed by atoms with E-state index in [4.69, 9.17) is 5.73 Å². The Morgan fingerprint density at radius 2 is 2.29 bits per heavy atom. The van der Waals surface area contributed by atoms with Crippen molar-refractivity contribution in [3.8, 4) is 0 Å². The summed E-state index contributed by atoms with van der Waals surface area (Å²) < 4.78 is 22.2. The SMILES string of the molecule is CC(N)CCCNC1CCS(=O)(=O)C1. The van der Waals surface area contributed by atoms with Gasteiger partial charge in [0.05, 0.1) is 11.5 Å². The van der Waals surface area contributed by atoms with Crippen molar-refractivity contribution < 1.29 is 8.42 Å². The normalized spacial score (nSPS) is 27.7. The van der Waals surface area contributed by atoms with E-state index in [2.05, 4.69) is 5.32 Å². The molecule has 1 aliphatic heterocycles. The monoisotopic (exact) mass is 220 g/mol. The maximum atomic E-state index is 11.1. The molecule has 0 radical (unpaired) electrons. The molecular weight excluding hydrogens is 200 g/mol. The van der Waals surface area contributed by atoms with Gasteiger partial charge in [-0.25, -0.2) is 8.42 Å². The molecule has 3 N–H and O–H groups in total. The van der Waals surface area contributed by atoms with E-state index in [1.807, 2.05) is 6.92 Å². The van der Waals surface area contributed by atoms with Crippen LogP contribution in [0.15, 0.2) is 0 Å². The van der Waals surface area contributed by atoms with Gasteiger partial charge in [-0.05, 0) is 32.7 Å². The molecule has 1 fully saturated rings. The minimum absolute atomic E-state index is 0.174. The van der Waals surface area contributed by atoms with E-state index < -0.39 is 9.84 Å². The Bertz CT molecular complexity index is 262. The average Bonchev–Trinajstić information content (AvgIpc) is 2.39. The number of nitrogens with one attached hydrogen (secondary N) is 1. The highest BCUT2D eigenvalue weighted by molar-refractivity contribution is 7.91. The summed E-state index contributed by atoms with van der Waals surface area (Å²) in [6.07, 6.45) is 2.78. The van der Waals surface area contributed by atoms with Crippen molar-refractivity contribution in [2.75, 3.05) is 18.1 Å².